The zero-order valence-corrected chi connectivity index (χ0v) is 9.86. The van der Waals surface area contributed by atoms with E-state index in [4.69, 9.17) is 5.73 Å². The number of nitrogens with two attached hydrogens (primary N) is 1. The van der Waals surface area contributed by atoms with E-state index in [9.17, 15) is 5.11 Å². The van der Waals surface area contributed by atoms with E-state index in [2.05, 4.69) is 9.97 Å². The highest BCUT2D eigenvalue weighted by Gasteiger charge is 2.19. The van der Waals surface area contributed by atoms with Crippen LogP contribution in [0.25, 0.3) is 0 Å². The average Bonchev–Trinajstić information content (AvgIpc) is 2.63. The molecular weight excluding hydrogens is 190 g/mol. The summed E-state index contributed by atoms with van der Waals surface area (Å²) < 4.78 is 0. The van der Waals surface area contributed by atoms with Crippen LogP contribution in [0.5, 0.6) is 0 Å². The van der Waals surface area contributed by atoms with Crippen LogP contribution in [0.4, 0.5) is 0 Å². The van der Waals surface area contributed by atoms with Gasteiger partial charge in [-0.15, -0.1) is 0 Å². The summed E-state index contributed by atoms with van der Waals surface area (Å²) in [6.45, 7) is 8.01. The Kier molecular flexibility index (Phi) is 3.88. The van der Waals surface area contributed by atoms with Crippen molar-refractivity contribution in [1.29, 1.82) is 0 Å². The van der Waals surface area contributed by atoms with E-state index in [1.807, 2.05) is 27.7 Å². The molecule has 15 heavy (non-hydrogen) atoms. The van der Waals surface area contributed by atoms with E-state index in [0.717, 1.165) is 5.82 Å². The third-order valence-electron chi connectivity index (χ3n) is 2.59. The van der Waals surface area contributed by atoms with Crippen molar-refractivity contribution in [1.82, 2.24) is 9.97 Å². The fourth-order valence-corrected chi connectivity index (χ4v) is 1.33. The smallest absolute Gasteiger partial charge is 0.123 e. The highest BCUT2D eigenvalue weighted by atomic mass is 16.3. The van der Waals surface area contributed by atoms with E-state index < -0.39 is 6.10 Å². The molecule has 1 aromatic heterocycles. The molecule has 0 aliphatic rings. The molecule has 0 saturated carbocycles. The molecule has 0 spiro atoms. The normalized spacial score (nSPS) is 16.0. The van der Waals surface area contributed by atoms with Gasteiger partial charge in [0.25, 0.3) is 0 Å². The molecule has 2 atom stereocenters. The van der Waals surface area contributed by atoms with E-state index in [-0.39, 0.29) is 12.0 Å². The Hall–Kier alpha value is -0.870. The van der Waals surface area contributed by atoms with Crippen LogP contribution in [0.15, 0.2) is 6.20 Å². The molecule has 1 unspecified atom stereocenters. The number of hydrogen-bond acceptors (Lipinski definition) is 3. The van der Waals surface area contributed by atoms with Gasteiger partial charge in [-0.3, -0.25) is 0 Å². The fraction of sp³-hybridized carbons (Fsp3) is 0.727. The Morgan fingerprint density at radius 1 is 1.27 bits per heavy atom. The van der Waals surface area contributed by atoms with Crippen molar-refractivity contribution in [3.8, 4) is 0 Å². The number of aliphatic hydroxyl groups is 1. The van der Waals surface area contributed by atoms with Gasteiger partial charge in [0.2, 0.25) is 0 Å². The van der Waals surface area contributed by atoms with Crippen LogP contribution in [0, 0.1) is 11.8 Å². The topological polar surface area (TPSA) is 74.9 Å². The van der Waals surface area contributed by atoms with Gasteiger partial charge < -0.3 is 15.8 Å². The quantitative estimate of drug-likeness (QED) is 0.710. The lowest BCUT2D eigenvalue weighted by Crippen LogP contribution is -2.18. The van der Waals surface area contributed by atoms with Crippen LogP contribution >= 0.6 is 0 Å². The van der Waals surface area contributed by atoms with Crippen LogP contribution in [-0.2, 0) is 0 Å². The van der Waals surface area contributed by atoms with Crippen LogP contribution in [0.2, 0.25) is 0 Å². The molecule has 86 valence electrons. The Morgan fingerprint density at radius 3 is 2.33 bits per heavy atom. The summed E-state index contributed by atoms with van der Waals surface area (Å²) in [6.07, 6.45) is 1.22. The van der Waals surface area contributed by atoms with E-state index in [1.54, 1.807) is 6.20 Å². The van der Waals surface area contributed by atoms with Crippen LogP contribution in [0.1, 0.15) is 51.4 Å². The molecule has 0 aliphatic heterocycles. The summed E-state index contributed by atoms with van der Waals surface area (Å²) in [5, 5.41) is 9.81. The second kappa shape index (κ2) is 4.77. The van der Waals surface area contributed by atoms with Gasteiger partial charge in [0.05, 0.1) is 17.8 Å². The first-order valence-corrected chi connectivity index (χ1v) is 5.42. The molecule has 0 amide bonds. The molecule has 1 rings (SSSR count). The molecule has 1 aromatic rings. The molecule has 4 nitrogen and oxygen atoms in total. The van der Waals surface area contributed by atoms with Crippen molar-refractivity contribution in [2.75, 3.05) is 0 Å². The molecule has 0 fully saturated rings. The minimum Gasteiger partial charge on any atom is -0.386 e. The van der Waals surface area contributed by atoms with E-state index in [1.165, 1.54) is 0 Å². The molecule has 0 bridgehead atoms. The van der Waals surface area contributed by atoms with Gasteiger partial charge in [-0.25, -0.2) is 4.98 Å². The van der Waals surface area contributed by atoms with Crippen LogP contribution < -0.4 is 5.73 Å². The third-order valence-corrected chi connectivity index (χ3v) is 2.59. The lowest BCUT2D eigenvalue weighted by atomic mass is 10.0. The van der Waals surface area contributed by atoms with Gasteiger partial charge in [-0.05, 0) is 11.8 Å². The average molecular weight is 211 g/mol. The maximum absolute atomic E-state index is 9.81. The lowest BCUT2D eigenvalue weighted by Gasteiger charge is -2.13. The van der Waals surface area contributed by atoms with Gasteiger partial charge in [0, 0.05) is 6.20 Å². The third kappa shape index (κ3) is 2.79. The van der Waals surface area contributed by atoms with Gasteiger partial charge in [0.15, 0.2) is 0 Å². The predicted octanol–water partition coefficient (Wildman–Crippen LogP) is 1.75. The number of hydrogen-bond donors (Lipinski definition) is 3. The number of aromatic nitrogens is 2. The summed E-state index contributed by atoms with van der Waals surface area (Å²) >= 11 is 0. The first kappa shape index (κ1) is 12.2. The number of imidazole rings is 1. The largest absolute Gasteiger partial charge is 0.386 e. The summed E-state index contributed by atoms with van der Waals surface area (Å²) in [4.78, 5) is 7.35. The van der Waals surface area contributed by atoms with Crippen LogP contribution in [-0.4, -0.2) is 15.1 Å². The van der Waals surface area contributed by atoms with E-state index >= 15 is 0 Å². The van der Waals surface area contributed by atoms with Crippen LogP contribution in [0.3, 0.4) is 0 Å². The predicted molar refractivity (Wildman–Crippen MR) is 60.2 cm³/mol. The molecule has 4 N–H and O–H groups in total. The van der Waals surface area contributed by atoms with Gasteiger partial charge in [-0.2, -0.15) is 0 Å². The molecule has 1 heterocycles. The Labute approximate surface area is 90.9 Å². The number of rotatable bonds is 4. The highest BCUT2D eigenvalue weighted by molar-refractivity contribution is 5.08. The SMILES string of the molecule is CC(C)C(O)c1c[nH]c([C@@H](N)C(C)C)n1. The summed E-state index contributed by atoms with van der Waals surface area (Å²) in [5.74, 6) is 1.25. The zero-order chi connectivity index (χ0) is 11.6. The van der Waals surface area contributed by atoms with E-state index in [0.29, 0.717) is 11.6 Å². The number of aromatic amines is 1. The van der Waals surface area contributed by atoms with Gasteiger partial charge >= 0.3 is 0 Å². The molecule has 4 heteroatoms. The molecule has 0 aromatic carbocycles. The minimum absolute atomic E-state index is 0.0990. The molecule has 0 saturated heterocycles. The van der Waals surface area contributed by atoms with Gasteiger partial charge in [-0.1, -0.05) is 27.7 Å². The lowest BCUT2D eigenvalue weighted by molar-refractivity contribution is 0.123. The Balaban J connectivity index is 2.80. The van der Waals surface area contributed by atoms with Crippen molar-refractivity contribution in [2.45, 2.75) is 39.8 Å². The summed E-state index contributed by atoms with van der Waals surface area (Å²) in [5.41, 5.74) is 6.63. The minimum atomic E-state index is -0.519. The Bertz CT molecular complexity index is 278. The number of nitrogens with one attached hydrogen (secondary N) is 1. The zero-order valence-electron chi connectivity index (χ0n) is 9.86. The molecule has 0 aliphatic carbocycles. The van der Waals surface area contributed by atoms with Crippen molar-refractivity contribution in [3.63, 3.8) is 0 Å². The fourth-order valence-electron chi connectivity index (χ4n) is 1.33. The van der Waals surface area contributed by atoms with Gasteiger partial charge in [0.1, 0.15) is 5.82 Å². The van der Waals surface area contributed by atoms with Crippen molar-refractivity contribution in [2.24, 2.45) is 17.6 Å². The molecular formula is C11H21N3O. The monoisotopic (exact) mass is 211 g/mol. The molecule has 0 radical (unpaired) electrons. The number of aliphatic hydroxyl groups excluding tert-OH is 1. The standard InChI is InChI=1S/C11H21N3O/c1-6(2)9(12)11-13-5-8(14-11)10(15)7(3)4/h5-7,9-10,15H,12H2,1-4H3,(H,13,14)/t9-,10?/m0/s1. The number of H-pyrrole nitrogens is 1. The first-order valence-electron chi connectivity index (χ1n) is 5.42. The Morgan fingerprint density at radius 2 is 1.87 bits per heavy atom. The first-order chi connectivity index (χ1) is 6.93. The summed E-state index contributed by atoms with van der Waals surface area (Å²) in [6, 6.07) is -0.0990. The maximum Gasteiger partial charge on any atom is 0.123 e. The second-order valence-electron chi connectivity index (χ2n) is 4.67. The summed E-state index contributed by atoms with van der Waals surface area (Å²) in [7, 11) is 0. The maximum atomic E-state index is 9.81. The second-order valence-corrected chi connectivity index (χ2v) is 4.67. The van der Waals surface area contributed by atoms with Crippen molar-refractivity contribution in [3.05, 3.63) is 17.7 Å². The number of nitrogens with zero attached hydrogens (tertiary/aromatic N) is 1. The highest BCUT2D eigenvalue weighted by Crippen LogP contribution is 2.22. The van der Waals surface area contributed by atoms with Crippen molar-refractivity contribution < 1.29 is 5.11 Å². The van der Waals surface area contributed by atoms with Crippen molar-refractivity contribution >= 4 is 0 Å².